The molecule has 0 bridgehead atoms. The molecule has 1 amide bonds. The molecule has 5 rings (SSSR count). The zero-order valence-corrected chi connectivity index (χ0v) is 18.6. The molecule has 4 heteroatoms. The van der Waals surface area contributed by atoms with Gasteiger partial charge >= 0.3 is 0 Å². The first-order valence-electron chi connectivity index (χ1n) is 11.8. The molecular weight excluding hydrogens is 382 g/mol. The van der Waals surface area contributed by atoms with E-state index in [1.165, 1.54) is 40.6 Å². The maximum atomic E-state index is 12.8. The average Bonchev–Trinajstić information content (AvgIpc) is 3.44. The third kappa shape index (κ3) is 4.40. The smallest absolute Gasteiger partial charge is 0.225 e. The van der Waals surface area contributed by atoms with E-state index >= 15 is 0 Å². The van der Waals surface area contributed by atoms with Gasteiger partial charge in [-0.05, 0) is 68.8 Å². The number of benzene rings is 2. The molecule has 2 aliphatic heterocycles. The Morgan fingerprint density at radius 3 is 2.35 bits per heavy atom. The van der Waals surface area contributed by atoms with Crippen LogP contribution in [0.5, 0.6) is 0 Å². The van der Waals surface area contributed by atoms with Crippen molar-refractivity contribution in [3.05, 3.63) is 71.4 Å². The van der Waals surface area contributed by atoms with Gasteiger partial charge in [-0.15, -0.1) is 0 Å². The van der Waals surface area contributed by atoms with Crippen molar-refractivity contribution in [2.75, 3.05) is 26.2 Å². The number of fused-ring (bicyclic) bond motifs is 1. The Kier molecular flexibility index (Phi) is 5.82. The Morgan fingerprint density at radius 1 is 0.903 bits per heavy atom. The summed E-state index contributed by atoms with van der Waals surface area (Å²) < 4.78 is 2.47. The highest BCUT2D eigenvalue weighted by Crippen LogP contribution is 2.26. The van der Waals surface area contributed by atoms with Gasteiger partial charge in [0, 0.05) is 43.3 Å². The number of para-hydroxylation sites is 1. The molecule has 3 heterocycles. The highest BCUT2D eigenvalue weighted by molar-refractivity contribution is 5.81. The summed E-state index contributed by atoms with van der Waals surface area (Å²) in [4.78, 5) is 17.4. The second-order valence-corrected chi connectivity index (χ2v) is 9.35. The Labute approximate surface area is 185 Å². The van der Waals surface area contributed by atoms with Gasteiger partial charge in [-0.25, -0.2) is 0 Å². The number of aryl methyl sites for hydroxylation is 1. The van der Waals surface area contributed by atoms with E-state index in [0.717, 1.165) is 52.1 Å². The summed E-state index contributed by atoms with van der Waals surface area (Å²) in [6.07, 6.45) is 4.34. The van der Waals surface area contributed by atoms with Crippen molar-refractivity contribution in [3.63, 3.8) is 0 Å². The monoisotopic (exact) mass is 415 g/mol. The predicted molar refractivity (Wildman–Crippen MR) is 126 cm³/mol. The molecule has 0 radical (unpaired) electrons. The number of piperidine rings is 1. The van der Waals surface area contributed by atoms with Crippen molar-refractivity contribution >= 4 is 16.8 Å². The molecule has 3 aromatic rings. The highest BCUT2D eigenvalue weighted by Gasteiger charge is 2.30. The van der Waals surface area contributed by atoms with Crippen molar-refractivity contribution in [2.45, 2.75) is 45.7 Å². The molecular formula is C27H33N3O. The van der Waals surface area contributed by atoms with E-state index in [1.807, 2.05) is 0 Å². The van der Waals surface area contributed by atoms with Crippen molar-refractivity contribution < 1.29 is 4.79 Å². The lowest BCUT2D eigenvalue weighted by molar-refractivity contribution is -0.136. The van der Waals surface area contributed by atoms with Crippen molar-refractivity contribution in [1.29, 1.82) is 0 Å². The van der Waals surface area contributed by atoms with Crippen LogP contribution in [0.2, 0.25) is 0 Å². The number of hydrogen-bond acceptors (Lipinski definition) is 2. The van der Waals surface area contributed by atoms with E-state index in [0.29, 0.717) is 5.91 Å². The number of hydrogen-bond donors (Lipinski definition) is 0. The maximum absolute atomic E-state index is 12.8. The van der Waals surface area contributed by atoms with Crippen LogP contribution in [0.1, 0.15) is 42.5 Å². The van der Waals surface area contributed by atoms with E-state index in [4.69, 9.17) is 0 Å². The molecule has 2 saturated heterocycles. The van der Waals surface area contributed by atoms with Gasteiger partial charge in [-0.1, -0.05) is 48.0 Å². The number of rotatable bonds is 5. The largest absolute Gasteiger partial charge is 0.342 e. The highest BCUT2D eigenvalue weighted by atomic mass is 16.2. The van der Waals surface area contributed by atoms with Gasteiger partial charge in [-0.2, -0.15) is 0 Å². The normalized spacial score (nSPS) is 18.2. The molecule has 0 N–H and O–H groups in total. The third-order valence-corrected chi connectivity index (χ3v) is 7.10. The lowest BCUT2D eigenvalue weighted by atomic mass is 9.95. The molecule has 0 aliphatic carbocycles. The Morgan fingerprint density at radius 2 is 1.61 bits per heavy atom. The van der Waals surface area contributed by atoms with Crippen LogP contribution in [0.15, 0.2) is 54.6 Å². The second kappa shape index (κ2) is 8.88. The molecule has 0 atom stereocenters. The molecule has 0 unspecified atom stereocenters. The van der Waals surface area contributed by atoms with Gasteiger partial charge in [0.25, 0.3) is 0 Å². The Balaban J connectivity index is 1.30. The van der Waals surface area contributed by atoms with Gasteiger partial charge < -0.3 is 9.47 Å². The minimum absolute atomic E-state index is 0.229. The molecule has 2 aromatic carbocycles. The van der Waals surface area contributed by atoms with Gasteiger partial charge in [-0.3, -0.25) is 9.69 Å². The molecule has 2 fully saturated rings. The Hall–Kier alpha value is -2.59. The zero-order chi connectivity index (χ0) is 21.2. The fraction of sp³-hybridized carbons (Fsp3) is 0.444. The topological polar surface area (TPSA) is 28.5 Å². The van der Waals surface area contributed by atoms with Crippen LogP contribution < -0.4 is 0 Å². The molecule has 4 nitrogen and oxygen atoms in total. The molecule has 162 valence electrons. The molecule has 31 heavy (non-hydrogen) atoms. The van der Waals surface area contributed by atoms with E-state index in [-0.39, 0.29) is 5.92 Å². The number of carbonyl (C=O) groups excluding carboxylic acids is 1. The van der Waals surface area contributed by atoms with Gasteiger partial charge in [0.05, 0.1) is 0 Å². The first-order chi connectivity index (χ1) is 15.2. The first kappa shape index (κ1) is 20.3. The fourth-order valence-electron chi connectivity index (χ4n) is 5.22. The number of likely N-dealkylation sites (tertiary alicyclic amines) is 2. The van der Waals surface area contributed by atoms with Crippen LogP contribution in [0, 0.1) is 12.8 Å². The molecule has 0 saturated carbocycles. The lowest BCUT2D eigenvalue weighted by Gasteiger charge is -2.33. The molecule has 2 aliphatic rings. The quantitative estimate of drug-likeness (QED) is 0.597. The van der Waals surface area contributed by atoms with Crippen LogP contribution in [-0.4, -0.2) is 46.5 Å². The van der Waals surface area contributed by atoms with Crippen LogP contribution in [-0.2, 0) is 17.9 Å². The van der Waals surface area contributed by atoms with Crippen LogP contribution in [0.3, 0.4) is 0 Å². The molecule has 1 aromatic heterocycles. The van der Waals surface area contributed by atoms with Crippen molar-refractivity contribution in [1.82, 2.24) is 14.4 Å². The van der Waals surface area contributed by atoms with Crippen molar-refractivity contribution in [3.8, 4) is 0 Å². The summed E-state index contributed by atoms with van der Waals surface area (Å²) >= 11 is 0. The number of aromatic nitrogens is 1. The van der Waals surface area contributed by atoms with Gasteiger partial charge in [0.15, 0.2) is 0 Å². The third-order valence-electron chi connectivity index (χ3n) is 7.10. The lowest BCUT2D eigenvalue weighted by Crippen LogP contribution is -2.41. The second-order valence-electron chi connectivity index (χ2n) is 9.35. The molecule has 0 spiro atoms. The fourth-order valence-corrected chi connectivity index (χ4v) is 5.22. The summed E-state index contributed by atoms with van der Waals surface area (Å²) in [6, 6.07) is 19.9. The standard InChI is InChI=1S/C27H33N3O/c1-21-8-10-22(11-9-21)19-30-25(18-24-6-2-3-7-26(24)30)20-28-16-12-23(13-17-28)27(31)29-14-4-5-15-29/h2-3,6-11,18,23H,4-5,12-17,19-20H2,1H3. The van der Waals surface area contributed by atoms with Crippen molar-refractivity contribution in [2.24, 2.45) is 5.92 Å². The predicted octanol–water partition coefficient (Wildman–Crippen LogP) is 4.83. The number of carbonyl (C=O) groups is 1. The van der Waals surface area contributed by atoms with Crippen LogP contribution in [0.25, 0.3) is 10.9 Å². The average molecular weight is 416 g/mol. The summed E-state index contributed by atoms with van der Waals surface area (Å²) in [5.41, 5.74) is 5.30. The number of nitrogens with zero attached hydrogens (tertiary/aromatic N) is 3. The zero-order valence-electron chi connectivity index (χ0n) is 18.6. The van der Waals surface area contributed by atoms with Gasteiger partial charge in [0.2, 0.25) is 5.91 Å². The van der Waals surface area contributed by atoms with E-state index in [1.54, 1.807) is 0 Å². The van der Waals surface area contributed by atoms with Gasteiger partial charge in [0.1, 0.15) is 0 Å². The van der Waals surface area contributed by atoms with E-state index in [9.17, 15) is 4.79 Å². The minimum Gasteiger partial charge on any atom is -0.342 e. The summed E-state index contributed by atoms with van der Waals surface area (Å²) in [7, 11) is 0. The first-order valence-corrected chi connectivity index (χ1v) is 11.8. The maximum Gasteiger partial charge on any atom is 0.225 e. The summed E-state index contributed by atoms with van der Waals surface area (Å²) in [5, 5.41) is 1.31. The van der Waals surface area contributed by atoms with Crippen LogP contribution in [0.4, 0.5) is 0 Å². The number of amides is 1. The Bertz CT molecular complexity index is 1040. The summed E-state index contributed by atoms with van der Waals surface area (Å²) in [5.74, 6) is 0.637. The van der Waals surface area contributed by atoms with Crippen LogP contribution >= 0.6 is 0 Å². The summed E-state index contributed by atoms with van der Waals surface area (Å²) in [6.45, 7) is 7.94. The van der Waals surface area contributed by atoms with E-state index in [2.05, 4.69) is 75.9 Å². The SMILES string of the molecule is Cc1ccc(Cn2c(CN3CCC(C(=O)N4CCCC4)CC3)cc3ccccc32)cc1. The minimum atomic E-state index is 0.229. The van der Waals surface area contributed by atoms with E-state index < -0.39 is 0 Å².